The minimum atomic E-state index is -4.67. The smallest absolute Gasteiger partial charge is 0.503 e. The zero-order valence-electron chi connectivity index (χ0n) is 24.0. The van der Waals surface area contributed by atoms with Crippen molar-refractivity contribution in [2.75, 3.05) is 62.6 Å². The second kappa shape index (κ2) is 15.9. The van der Waals surface area contributed by atoms with Crippen LogP contribution < -0.4 is 15.5 Å². The van der Waals surface area contributed by atoms with E-state index in [4.69, 9.17) is 10.1 Å². The van der Waals surface area contributed by atoms with E-state index >= 15 is 0 Å². The van der Waals surface area contributed by atoms with Crippen LogP contribution in [-0.2, 0) is 9.47 Å². The summed E-state index contributed by atoms with van der Waals surface area (Å²) in [4.78, 5) is 22.7. The Hall–Kier alpha value is -3.14. The van der Waals surface area contributed by atoms with Gasteiger partial charge in [0.15, 0.2) is 17.4 Å². The van der Waals surface area contributed by atoms with Crippen LogP contribution in [0.25, 0.3) is 11.4 Å². The zero-order valence-corrected chi connectivity index (χ0v) is 24.8. The fourth-order valence-corrected chi connectivity index (χ4v) is 5.09. The van der Waals surface area contributed by atoms with E-state index in [2.05, 4.69) is 39.2 Å². The largest absolute Gasteiger partial charge is 0.523 e. The number of piperidine rings is 1. The van der Waals surface area contributed by atoms with Crippen molar-refractivity contribution < 1.29 is 32.5 Å². The van der Waals surface area contributed by atoms with E-state index in [-0.39, 0.29) is 29.1 Å². The van der Waals surface area contributed by atoms with Gasteiger partial charge in [-0.1, -0.05) is 20.3 Å². The number of aromatic nitrogens is 2. The molecule has 0 bridgehead atoms. The SMILES string of the molecule is CCC.CNC(=O)Nc1ccc(-c2nc(C(=N)C3CCN(SCOC(F)(F)F)CC3)c(O)c(N3CCOCC3)n2)cc1. The van der Waals surface area contributed by atoms with Crippen LogP contribution >= 0.6 is 11.9 Å². The van der Waals surface area contributed by atoms with Gasteiger partial charge in [0.25, 0.3) is 0 Å². The third kappa shape index (κ3) is 9.71. The Balaban J connectivity index is 0.00000155. The molecule has 1 aromatic carbocycles. The number of nitrogens with one attached hydrogen (secondary N) is 3. The maximum absolute atomic E-state index is 12.3. The molecule has 2 fully saturated rings. The van der Waals surface area contributed by atoms with Gasteiger partial charge in [-0.05, 0) is 49.1 Å². The Morgan fingerprint density at radius 2 is 1.76 bits per heavy atom. The Kier molecular flexibility index (Phi) is 12.6. The van der Waals surface area contributed by atoms with Crippen LogP contribution in [0.1, 0.15) is 38.8 Å². The molecule has 2 saturated heterocycles. The van der Waals surface area contributed by atoms with Crippen molar-refractivity contribution in [1.82, 2.24) is 19.6 Å². The quantitative estimate of drug-likeness (QED) is 0.183. The number of ether oxygens (including phenoxy) is 2. The van der Waals surface area contributed by atoms with Crippen LogP contribution in [0.3, 0.4) is 0 Å². The molecule has 2 aromatic rings. The lowest BCUT2D eigenvalue weighted by molar-refractivity contribution is -0.315. The van der Waals surface area contributed by atoms with Gasteiger partial charge in [-0.2, -0.15) is 0 Å². The molecule has 0 spiro atoms. The second-order valence-corrected chi connectivity index (χ2v) is 10.6. The highest BCUT2D eigenvalue weighted by atomic mass is 32.2. The summed E-state index contributed by atoms with van der Waals surface area (Å²) < 4.78 is 47.8. The van der Waals surface area contributed by atoms with E-state index in [0.717, 1.165) is 11.9 Å². The van der Waals surface area contributed by atoms with Crippen molar-refractivity contribution in [3.63, 3.8) is 0 Å². The molecule has 0 radical (unpaired) electrons. The topological polar surface area (TPSA) is 136 Å². The molecule has 1 aromatic heterocycles. The molecule has 232 valence electrons. The summed E-state index contributed by atoms with van der Waals surface area (Å²) in [5.74, 6) is -0.317. The van der Waals surface area contributed by atoms with Gasteiger partial charge < -0.3 is 30.8 Å². The number of aromatic hydroxyl groups is 1. The predicted octanol–water partition coefficient (Wildman–Crippen LogP) is 5.08. The maximum Gasteiger partial charge on any atom is 0.523 e. The summed E-state index contributed by atoms with van der Waals surface area (Å²) in [6, 6.07) is 6.54. The van der Waals surface area contributed by atoms with Gasteiger partial charge in [-0.3, -0.25) is 4.74 Å². The van der Waals surface area contributed by atoms with Gasteiger partial charge in [0.1, 0.15) is 11.6 Å². The van der Waals surface area contributed by atoms with Gasteiger partial charge in [0.05, 0.1) is 18.9 Å². The van der Waals surface area contributed by atoms with E-state index in [1.807, 2.05) is 4.90 Å². The van der Waals surface area contributed by atoms with Gasteiger partial charge >= 0.3 is 12.4 Å². The highest BCUT2D eigenvalue weighted by Gasteiger charge is 2.32. The third-order valence-electron chi connectivity index (χ3n) is 6.38. The highest BCUT2D eigenvalue weighted by molar-refractivity contribution is 7.96. The molecular weight excluding hydrogens is 575 g/mol. The van der Waals surface area contributed by atoms with Crippen molar-refractivity contribution in [2.45, 2.75) is 39.5 Å². The molecule has 4 N–H and O–H groups in total. The second-order valence-electron chi connectivity index (χ2n) is 9.61. The number of carbonyl (C=O) groups excluding carboxylic acids is 1. The fraction of sp³-hybridized carbons (Fsp3) is 0.556. The van der Waals surface area contributed by atoms with E-state index < -0.39 is 12.3 Å². The first-order valence-corrected chi connectivity index (χ1v) is 14.7. The molecule has 2 amide bonds. The Morgan fingerprint density at radius 1 is 1.14 bits per heavy atom. The van der Waals surface area contributed by atoms with E-state index in [1.54, 1.807) is 28.6 Å². The molecule has 0 atom stereocenters. The number of hydrogen-bond donors (Lipinski definition) is 4. The normalized spacial score (nSPS) is 16.4. The monoisotopic (exact) mass is 613 g/mol. The van der Waals surface area contributed by atoms with Gasteiger partial charge in [-0.25, -0.2) is 19.1 Å². The first-order chi connectivity index (χ1) is 20.1. The molecule has 2 aliphatic heterocycles. The lowest BCUT2D eigenvalue weighted by atomic mass is 9.90. The fourth-order valence-electron chi connectivity index (χ4n) is 4.29. The Bertz CT molecular complexity index is 1170. The number of amides is 2. The molecule has 42 heavy (non-hydrogen) atoms. The highest BCUT2D eigenvalue weighted by Crippen LogP contribution is 2.35. The van der Waals surface area contributed by atoms with Crippen LogP contribution in [0.2, 0.25) is 0 Å². The van der Waals surface area contributed by atoms with Gasteiger partial charge in [0.2, 0.25) is 0 Å². The number of alkyl halides is 3. The van der Waals surface area contributed by atoms with Crippen LogP contribution in [0.15, 0.2) is 24.3 Å². The van der Waals surface area contributed by atoms with E-state index in [9.17, 15) is 23.1 Å². The number of carbonyl (C=O) groups is 1. The molecule has 0 aliphatic carbocycles. The van der Waals surface area contributed by atoms with Crippen molar-refractivity contribution in [2.24, 2.45) is 5.92 Å². The van der Waals surface area contributed by atoms with Gasteiger partial charge in [-0.15, -0.1) is 13.2 Å². The summed E-state index contributed by atoms with van der Waals surface area (Å²) in [6.45, 7) is 7.16. The first kappa shape index (κ1) is 33.4. The molecule has 15 heteroatoms. The number of halogens is 3. The molecule has 11 nitrogen and oxygen atoms in total. The molecule has 0 saturated carbocycles. The Morgan fingerprint density at radius 3 is 2.33 bits per heavy atom. The molecular formula is C27H38F3N7O4S. The van der Waals surface area contributed by atoms with Crippen LogP contribution in [-0.4, -0.2) is 89.9 Å². The molecule has 4 rings (SSSR count). The van der Waals surface area contributed by atoms with Crippen molar-refractivity contribution in [3.05, 3.63) is 30.0 Å². The lowest BCUT2D eigenvalue weighted by Gasteiger charge is -2.32. The average Bonchev–Trinajstić information content (AvgIpc) is 2.98. The lowest BCUT2D eigenvalue weighted by Crippen LogP contribution is -2.37. The van der Waals surface area contributed by atoms with Gasteiger partial charge in [0, 0.05) is 50.4 Å². The van der Waals surface area contributed by atoms with Crippen LogP contribution in [0.4, 0.5) is 29.5 Å². The zero-order chi connectivity index (χ0) is 30.7. The summed E-state index contributed by atoms with van der Waals surface area (Å²) in [5, 5.41) is 25.3. The van der Waals surface area contributed by atoms with E-state index in [0.29, 0.717) is 75.1 Å². The summed E-state index contributed by atoms with van der Waals surface area (Å²) in [7, 11) is 1.52. The summed E-state index contributed by atoms with van der Waals surface area (Å²) >= 11 is 0.961. The van der Waals surface area contributed by atoms with Crippen LogP contribution in [0, 0.1) is 11.3 Å². The minimum Gasteiger partial charge on any atom is -0.503 e. The number of rotatable bonds is 8. The molecule has 2 aliphatic rings. The van der Waals surface area contributed by atoms with Crippen molar-refractivity contribution in [3.8, 4) is 17.1 Å². The number of nitrogens with zero attached hydrogens (tertiary/aromatic N) is 4. The number of benzene rings is 1. The predicted molar refractivity (Wildman–Crippen MR) is 157 cm³/mol. The standard InChI is InChI=1S/C24H30F3N7O4S.C3H8/c1-29-23(36)30-17-4-2-16(3-5-17)21-31-19(20(35)22(32-21)33-10-12-37-13-11-33)18(28)15-6-8-34(9-7-15)39-14-38-24(25,26)27;1-3-2/h2-5,15,28,35H,6-14H2,1H3,(H2,29,30,36);3H2,1-2H3. The number of hydrogen-bond acceptors (Lipinski definition) is 10. The van der Waals surface area contributed by atoms with E-state index in [1.165, 1.54) is 13.5 Å². The summed E-state index contributed by atoms with van der Waals surface area (Å²) in [5.41, 5.74) is 1.49. The number of morpholine rings is 1. The maximum atomic E-state index is 12.3. The third-order valence-corrected chi connectivity index (χ3v) is 7.33. The number of urea groups is 1. The van der Waals surface area contributed by atoms with Crippen LogP contribution in [0.5, 0.6) is 5.75 Å². The number of anilines is 2. The first-order valence-electron chi connectivity index (χ1n) is 13.8. The average molecular weight is 614 g/mol. The molecule has 3 heterocycles. The summed E-state index contributed by atoms with van der Waals surface area (Å²) in [6.07, 6.45) is -2.39. The minimum absolute atomic E-state index is 0.126. The Labute approximate surface area is 247 Å². The van der Waals surface area contributed by atoms with Crippen molar-refractivity contribution in [1.29, 1.82) is 5.41 Å². The van der Waals surface area contributed by atoms with Crippen molar-refractivity contribution >= 4 is 35.2 Å². The molecule has 0 unspecified atom stereocenters.